The van der Waals surface area contributed by atoms with Gasteiger partial charge in [0, 0.05) is 13.1 Å². The van der Waals surface area contributed by atoms with Gasteiger partial charge in [0.05, 0.1) is 0 Å². The molecule has 0 atom stereocenters. The number of aryl methyl sites for hydroxylation is 1. The minimum atomic E-state index is -0.268. The summed E-state index contributed by atoms with van der Waals surface area (Å²) in [7, 11) is 0. The Morgan fingerprint density at radius 1 is 1.09 bits per heavy atom. The van der Waals surface area contributed by atoms with Crippen LogP contribution >= 0.6 is 0 Å². The number of rotatable bonds is 7. The standard InChI is InChI=1S/C17H22N4O2/c1-4-21(5-2)16-11-10-15(19-20-16)18-17(22)12-23-14-8-6-13(3)7-9-14/h6-11H,4-5,12H2,1-3H3,(H,18,19,22). The van der Waals surface area contributed by atoms with E-state index in [0.29, 0.717) is 11.6 Å². The van der Waals surface area contributed by atoms with Crippen molar-refractivity contribution in [2.45, 2.75) is 20.8 Å². The molecule has 122 valence electrons. The molecular formula is C17H22N4O2. The van der Waals surface area contributed by atoms with Gasteiger partial charge in [-0.25, -0.2) is 0 Å². The first-order chi connectivity index (χ1) is 11.1. The lowest BCUT2D eigenvalue weighted by molar-refractivity contribution is -0.118. The van der Waals surface area contributed by atoms with Gasteiger partial charge in [-0.15, -0.1) is 10.2 Å². The molecule has 1 amide bonds. The molecule has 0 spiro atoms. The van der Waals surface area contributed by atoms with Crippen LogP contribution in [0.25, 0.3) is 0 Å². The summed E-state index contributed by atoms with van der Waals surface area (Å²) in [4.78, 5) is 14.0. The van der Waals surface area contributed by atoms with Crippen LogP contribution in [0.1, 0.15) is 19.4 Å². The van der Waals surface area contributed by atoms with Crippen molar-refractivity contribution in [1.29, 1.82) is 0 Å². The van der Waals surface area contributed by atoms with Crippen LogP contribution in [0.4, 0.5) is 11.6 Å². The summed E-state index contributed by atoms with van der Waals surface area (Å²) in [6.45, 7) is 7.77. The van der Waals surface area contributed by atoms with Crippen LogP contribution in [0.15, 0.2) is 36.4 Å². The number of hydrogen-bond acceptors (Lipinski definition) is 5. The molecule has 23 heavy (non-hydrogen) atoms. The van der Waals surface area contributed by atoms with Crippen LogP contribution in [-0.4, -0.2) is 35.8 Å². The Morgan fingerprint density at radius 3 is 2.35 bits per heavy atom. The average Bonchev–Trinajstić information content (AvgIpc) is 2.57. The van der Waals surface area contributed by atoms with Gasteiger partial charge >= 0.3 is 0 Å². The third kappa shape index (κ3) is 4.95. The van der Waals surface area contributed by atoms with Crippen LogP contribution in [0, 0.1) is 6.92 Å². The first-order valence-corrected chi connectivity index (χ1v) is 7.70. The lowest BCUT2D eigenvalue weighted by Gasteiger charge is -2.18. The molecule has 0 radical (unpaired) electrons. The molecule has 6 heteroatoms. The van der Waals surface area contributed by atoms with Crippen LogP contribution in [0.3, 0.4) is 0 Å². The molecule has 1 aromatic heterocycles. The Kier molecular flexibility index (Phi) is 5.91. The third-order valence-electron chi connectivity index (χ3n) is 3.40. The van der Waals surface area contributed by atoms with Crippen molar-refractivity contribution in [1.82, 2.24) is 10.2 Å². The van der Waals surface area contributed by atoms with E-state index in [2.05, 4.69) is 34.3 Å². The summed E-state index contributed by atoms with van der Waals surface area (Å²) in [5.41, 5.74) is 1.14. The molecule has 2 aromatic rings. The minimum absolute atomic E-state index is 0.0669. The number of anilines is 2. The summed E-state index contributed by atoms with van der Waals surface area (Å²) < 4.78 is 5.42. The van der Waals surface area contributed by atoms with Gasteiger partial charge in [-0.1, -0.05) is 17.7 Å². The molecule has 0 unspecified atom stereocenters. The Morgan fingerprint density at radius 2 is 1.78 bits per heavy atom. The first-order valence-electron chi connectivity index (χ1n) is 7.70. The summed E-state index contributed by atoms with van der Waals surface area (Å²) >= 11 is 0. The normalized spacial score (nSPS) is 10.2. The molecule has 6 nitrogen and oxygen atoms in total. The van der Waals surface area contributed by atoms with Crippen LogP contribution in [0.2, 0.25) is 0 Å². The molecule has 0 aliphatic heterocycles. The second-order valence-electron chi connectivity index (χ2n) is 5.10. The zero-order valence-electron chi connectivity index (χ0n) is 13.7. The number of carbonyl (C=O) groups is 1. The topological polar surface area (TPSA) is 67.4 Å². The number of nitrogens with zero attached hydrogens (tertiary/aromatic N) is 3. The second-order valence-corrected chi connectivity index (χ2v) is 5.10. The van der Waals surface area contributed by atoms with E-state index < -0.39 is 0 Å². The van der Waals surface area contributed by atoms with Crippen molar-refractivity contribution in [3.05, 3.63) is 42.0 Å². The maximum absolute atomic E-state index is 11.9. The fourth-order valence-corrected chi connectivity index (χ4v) is 2.07. The van der Waals surface area contributed by atoms with Crippen molar-refractivity contribution in [3.8, 4) is 5.75 Å². The number of ether oxygens (including phenoxy) is 1. The van der Waals surface area contributed by atoms with Gasteiger partial charge in [0.2, 0.25) is 0 Å². The maximum Gasteiger partial charge on any atom is 0.263 e. The summed E-state index contributed by atoms with van der Waals surface area (Å²) in [5, 5.41) is 10.8. The molecular weight excluding hydrogens is 292 g/mol. The van der Waals surface area contributed by atoms with E-state index in [1.54, 1.807) is 6.07 Å². The van der Waals surface area contributed by atoms with Crippen molar-refractivity contribution in [3.63, 3.8) is 0 Å². The van der Waals surface area contributed by atoms with Crippen molar-refractivity contribution < 1.29 is 9.53 Å². The van der Waals surface area contributed by atoms with E-state index in [-0.39, 0.29) is 12.5 Å². The number of carbonyl (C=O) groups excluding carboxylic acids is 1. The average molecular weight is 314 g/mol. The van der Waals surface area contributed by atoms with Crippen molar-refractivity contribution in [2.24, 2.45) is 0 Å². The SMILES string of the molecule is CCN(CC)c1ccc(NC(=O)COc2ccc(C)cc2)nn1. The van der Waals surface area contributed by atoms with Gasteiger partial charge in [-0.05, 0) is 45.0 Å². The third-order valence-corrected chi connectivity index (χ3v) is 3.40. The highest BCUT2D eigenvalue weighted by Crippen LogP contribution is 2.12. The lowest BCUT2D eigenvalue weighted by atomic mass is 10.2. The number of benzene rings is 1. The highest BCUT2D eigenvalue weighted by atomic mass is 16.5. The van der Waals surface area contributed by atoms with Gasteiger partial charge in [-0.3, -0.25) is 4.79 Å². The van der Waals surface area contributed by atoms with E-state index >= 15 is 0 Å². The highest BCUT2D eigenvalue weighted by Gasteiger charge is 2.07. The Balaban J connectivity index is 1.86. The van der Waals surface area contributed by atoms with E-state index in [0.717, 1.165) is 24.5 Å². The smallest absolute Gasteiger partial charge is 0.263 e. The molecule has 0 fully saturated rings. The Labute approximate surface area is 136 Å². The Hall–Kier alpha value is -2.63. The molecule has 2 rings (SSSR count). The Bertz CT molecular complexity index is 622. The van der Waals surface area contributed by atoms with Gasteiger partial charge in [0.15, 0.2) is 18.2 Å². The number of amides is 1. The van der Waals surface area contributed by atoms with E-state index in [9.17, 15) is 4.79 Å². The fraction of sp³-hybridized carbons (Fsp3) is 0.353. The number of nitrogens with one attached hydrogen (secondary N) is 1. The number of hydrogen-bond donors (Lipinski definition) is 1. The summed E-state index contributed by atoms with van der Waals surface area (Å²) in [6.07, 6.45) is 0. The van der Waals surface area contributed by atoms with Gasteiger partial charge in [-0.2, -0.15) is 0 Å². The molecule has 1 heterocycles. The second kappa shape index (κ2) is 8.12. The van der Waals surface area contributed by atoms with Crippen LogP contribution < -0.4 is 15.0 Å². The minimum Gasteiger partial charge on any atom is -0.484 e. The highest BCUT2D eigenvalue weighted by molar-refractivity contribution is 5.90. The monoisotopic (exact) mass is 314 g/mol. The summed E-state index contributed by atoms with van der Waals surface area (Å²) in [6, 6.07) is 11.1. The molecule has 0 saturated heterocycles. The predicted molar refractivity (Wildman–Crippen MR) is 90.9 cm³/mol. The van der Waals surface area contributed by atoms with E-state index in [4.69, 9.17) is 4.74 Å². The zero-order chi connectivity index (χ0) is 16.7. The lowest BCUT2D eigenvalue weighted by Crippen LogP contribution is -2.24. The van der Waals surface area contributed by atoms with Crippen molar-refractivity contribution >= 4 is 17.5 Å². The molecule has 0 saturated carbocycles. The largest absolute Gasteiger partial charge is 0.484 e. The fourth-order valence-electron chi connectivity index (χ4n) is 2.07. The molecule has 0 bridgehead atoms. The molecule has 0 aliphatic carbocycles. The first kappa shape index (κ1) is 16.7. The van der Waals surface area contributed by atoms with Gasteiger partial charge in [0.25, 0.3) is 5.91 Å². The predicted octanol–water partition coefficient (Wildman–Crippen LogP) is 2.65. The summed E-state index contributed by atoms with van der Waals surface area (Å²) in [5.74, 6) is 1.60. The van der Waals surface area contributed by atoms with Crippen molar-refractivity contribution in [2.75, 3.05) is 29.9 Å². The maximum atomic E-state index is 11.9. The molecule has 1 N–H and O–H groups in total. The van der Waals surface area contributed by atoms with Gasteiger partial charge < -0.3 is 15.0 Å². The van der Waals surface area contributed by atoms with E-state index in [1.807, 2.05) is 37.3 Å². The van der Waals surface area contributed by atoms with Crippen LogP contribution in [-0.2, 0) is 4.79 Å². The van der Waals surface area contributed by atoms with Gasteiger partial charge in [0.1, 0.15) is 5.75 Å². The van der Waals surface area contributed by atoms with Crippen LogP contribution in [0.5, 0.6) is 5.75 Å². The number of aromatic nitrogens is 2. The quantitative estimate of drug-likeness (QED) is 0.851. The zero-order valence-corrected chi connectivity index (χ0v) is 13.7. The van der Waals surface area contributed by atoms with E-state index in [1.165, 1.54) is 0 Å². The molecule has 1 aromatic carbocycles. The molecule has 0 aliphatic rings.